The Morgan fingerprint density at radius 3 is 2.41 bits per heavy atom. The number of anilines is 2. The standard InChI is InChI=1S/C23H26N2O4/c1-4-15(2)21(17-10-6-5-7-11-17)23(28)29-16(3)22(27)25-14-20(26)24-18-12-8-9-13-19(18)25/h5-13,15-16,21H,4,14H2,1-3H3,(H,24,26)/t15-,16+,21+/m1/s1. The van der Waals surface area contributed by atoms with Crippen LogP contribution in [0.4, 0.5) is 11.4 Å². The van der Waals surface area contributed by atoms with Gasteiger partial charge in [-0.1, -0.05) is 62.7 Å². The summed E-state index contributed by atoms with van der Waals surface area (Å²) in [7, 11) is 0. The summed E-state index contributed by atoms with van der Waals surface area (Å²) in [5.74, 6) is -1.52. The van der Waals surface area contributed by atoms with Crippen molar-refractivity contribution in [2.75, 3.05) is 16.8 Å². The molecule has 152 valence electrons. The molecule has 6 heteroatoms. The second-order valence-corrected chi connectivity index (χ2v) is 7.34. The minimum Gasteiger partial charge on any atom is -0.452 e. The summed E-state index contributed by atoms with van der Waals surface area (Å²) in [4.78, 5) is 39.4. The van der Waals surface area contributed by atoms with Crippen LogP contribution in [0.25, 0.3) is 0 Å². The van der Waals surface area contributed by atoms with Gasteiger partial charge in [0.15, 0.2) is 6.10 Å². The minimum absolute atomic E-state index is 0.0636. The van der Waals surface area contributed by atoms with Crippen LogP contribution >= 0.6 is 0 Å². The lowest BCUT2D eigenvalue weighted by Crippen LogP contribution is -2.47. The highest BCUT2D eigenvalue weighted by Crippen LogP contribution is 2.31. The van der Waals surface area contributed by atoms with Gasteiger partial charge in [0.2, 0.25) is 5.91 Å². The van der Waals surface area contributed by atoms with Crippen molar-refractivity contribution in [1.82, 2.24) is 0 Å². The van der Waals surface area contributed by atoms with Gasteiger partial charge in [-0.25, -0.2) is 0 Å². The van der Waals surface area contributed by atoms with Crippen molar-refractivity contribution in [3.05, 3.63) is 60.2 Å². The largest absolute Gasteiger partial charge is 0.452 e. The molecule has 0 unspecified atom stereocenters. The van der Waals surface area contributed by atoms with Crippen molar-refractivity contribution >= 4 is 29.2 Å². The summed E-state index contributed by atoms with van der Waals surface area (Å²) < 4.78 is 5.59. The Morgan fingerprint density at radius 2 is 1.72 bits per heavy atom. The molecule has 0 saturated heterocycles. The molecule has 0 bridgehead atoms. The summed E-state index contributed by atoms with van der Waals surface area (Å²) in [6.45, 7) is 5.46. The number of hydrogen-bond acceptors (Lipinski definition) is 4. The maximum absolute atomic E-state index is 13.0. The average Bonchev–Trinajstić information content (AvgIpc) is 2.73. The zero-order chi connectivity index (χ0) is 21.0. The number of para-hydroxylation sites is 2. The Labute approximate surface area is 170 Å². The number of carbonyl (C=O) groups excluding carboxylic acids is 3. The molecule has 0 aliphatic carbocycles. The van der Waals surface area contributed by atoms with Crippen LogP contribution in [-0.4, -0.2) is 30.4 Å². The molecule has 1 aliphatic rings. The third-order valence-corrected chi connectivity index (χ3v) is 5.30. The molecule has 3 rings (SSSR count). The van der Waals surface area contributed by atoms with Crippen LogP contribution in [0.3, 0.4) is 0 Å². The predicted molar refractivity (Wildman–Crippen MR) is 112 cm³/mol. The van der Waals surface area contributed by atoms with Gasteiger partial charge in [-0.15, -0.1) is 0 Å². The Morgan fingerprint density at radius 1 is 1.07 bits per heavy atom. The van der Waals surface area contributed by atoms with Gasteiger partial charge in [-0.3, -0.25) is 19.3 Å². The van der Waals surface area contributed by atoms with E-state index >= 15 is 0 Å². The lowest BCUT2D eigenvalue weighted by Gasteiger charge is -2.31. The number of amides is 2. The third kappa shape index (κ3) is 4.47. The van der Waals surface area contributed by atoms with Crippen LogP contribution in [-0.2, 0) is 19.1 Å². The molecule has 0 fully saturated rings. The van der Waals surface area contributed by atoms with E-state index < -0.39 is 23.9 Å². The van der Waals surface area contributed by atoms with Gasteiger partial charge in [0.1, 0.15) is 6.54 Å². The fourth-order valence-electron chi connectivity index (χ4n) is 3.54. The number of fused-ring (bicyclic) bond motifs is 1. The van der Waals surface area contributed by atoms with E-state index in [-0.39, 0.29) is 18.4 Å². The summed E-state index contributed by atoms with van der Waals surface area (Å²) in [5.41, 5.74) is 2.04. The van der Waals surface area contributed by atoms with E-state index in [1.165, 1.54) is 4.90 Å². The summed E-state index contributed by atoms with van der Waals surface area (Å²) in [6, 6.07) is 16.5. The molecule has 2 aromatic carbocycles. The van der Waals surface area contributed by atoms with Gasteiger partial charge in [0.25, 0.3) is 5.91 Å². The number of carbonyl (C=O) groups is 3. The van der Waals surface area contributed by atoms with Gasteiger partial charge in [-0.2, -0.15) is 0 Å². The molecule has 0 aromatic heterocycles. The highest BCUT2D eigenvalue weighted by molar-refractivity contribution is 6.11. The average molecular weight is 394 g/mol. The normalized spacial score (nSPS) is 16.2. The zero-order valence-electron chi connectivity index (χ0n) is 16.9. The quantitative estimate of drug-likeness (QED) is 0.758. The first-order valence-electron chi connectivity index (χ1n) is 9.88. The first-order valence-corrected chi connectivity index (χ1v) is 9.88. The zero-order valence-corrected chi connectivity index (χ0v) is 16.9. The lowest BCUT2D eigenvalue weighted by atomic mass is 9.85. The van der Waals surface area contributed by atoms with E-state index in [1.54, 1.807) is 31.2 Å². The van der Waals surface area contributed by atoms with E-state index in [1.807, 2.05) is 44.2 Å². The van der Waals surface area contributed by atoms with Crippen molar-refractivity contribution in [2.24, 2.45) is 5.92 Å². The molecule has 1 N–H and O–H groups in total. The smallest absolute Gasteiger partial charge is 0.314 e. The van der Waals surface area contributed by atoms with Crippen molar-refractivity contribution in [3.63, 3.8) is 0 Å². The maximum Gasteiger partial charge on any atom is 0.314 e. The molecule has 29 heavy (non-hydrogen) atoms. The van der Waals surface area contributed by atoms with Gasteiger partial charge in [0, 0.05) is 0 Å². The Kier molecular flexibility index (Phi) is 6.32. The number of hydrogen-bond donors (Lipinski definition) is 1. The molecule has 1 heterocycles. The number of nitrogens with zero attached hydrogens (tertiary/aromatic N) is 1. The van der Waals surface area contributed by atoms with Gasteiger partial charge >= 0.3 is 5.97 Å². The first-order chi connectivity index (χ1) is 13.9. The monoisotopic (exact) mass is 394 g/mol. The topological polar surface area (TPSA) is 75.7 Å². The summed E-state index contributed by atoms with van der Waals surface area (Å²) >= 11 is 0. The Hall–Kier alpha value is -3.15. The molecule has 2 amide bonds. The highest BCUT2D eigenvalue weighted by atomic mass is 16.5. The van der Waals surface area contributed by atoms with E-state index in [0.717, 1.165) is 12.0 Å². The van der Waals surface area contributed by atoms with E-state index in [4.69, 9.17) is 4.74 Å². The van der Waals surface area contributed by atoms with E-state index in [2.05, 4.69) is 5.32 Å². The predicted octanol–water partition coefficient (Wildman–Crippen LogP) is 3.73. The van der Waals surface area contributed by atoms with E-state index in [9.17, 15) is 14.4 Å². The number of ether oxygens (including phenoxy) is 1. The van der Waals surface area contributed by atoms with Gasteiger partial charge in [-0.05, 0) is 30.5 Å². The Balaban J connectivity index is 1.78. The molecular weight excluding hydrogens is 368 g/mol. The molecule has 1 aliphatic heterocycles. The van der Waals surface area contributed by atoms with Crippen molar-refractivity contribution in [2.45, 2.75) is 39.2 Å². The van der Waals surface area contributed by atoms with Crippen LogP contribution in [0.5, 0.6) is 0 Å². The van der Waals surface area contributed by atoms with Gasteiger partial charge in [0.05, 0.1) is 17.3 Å². The van der Waals surface area contributed by atoms with Crippen LogP contribution < -0.4 is 10.2 Å². The second kappa shape index (κ2) is 8.90. The van der Waals surface area contributed by atoms with Crippen LogP contribution in [0.2, 0.25) is 0 Å². The summed E-state index contributed by atoms with van der Waals surface area (Å²) in [6.07, 6.45) is -0.201. The third-order valence-electron chi connectivity index (χ3n) is 5.30. The van der Waals surface area contributed by atoms with Crippen LogP contribution in [0.1, 0.15) is 38.7 Å². The summed E-state index contributed by atoms with van der Waals surface area (Å²) in [5, 5.41) is 2.75. The van der Waals surface area contributed by atoms with Gasteiger partial charge < -0.3 is 10.1 Å². The minimum atomic E-state index is -1.00. The molecule has 2 aromatic rings. The number of nitrogens with one attached hydrogen (secondary N) is 1. The first kappa shape index (κ1) is 20.6. The number of benzene rings is 2. The number of esters is 1. The SMILES string of the molecule is CC[C@@H](C)[C@H](C(=O)O[C@@H](C)C(=O)N1CC(=O)Nc2ccccc21)c1ccccc1. The lowest BCUT2D eigenvalue weighted by molar-refractivity contribution is -0.156. The Bertz CT molecular complexity index is 897. The number of rotatable bonds is 6. The molecule has 0 radical (unpaired) electrons. The molecular formula is C23H26N2O4. The molecule has 0 spiro atoms. The molecule has 6 nitrogen and oxygen atoms in total. The second-order valence-electron chi connectivity index (χ2n) is 7.34. The van der Waals surface area contributed by atoms with Crippen molar-refractivity contribution < 1.29 is 19.1 Å². The van der Waals surface area contributed by atoms with Crippen LogP contribution in [0, 0.1) is 5.92 Å². The van der Waals surface area contributed by atoms with Crippen LogP contribution in [0.15, 0.2) is 54.6 Å². The molecule has 3 atom stereocenters. The fraction of sp³-hybridized carbons (Fsp3) is 0.348. The van der Waals surface area contributed by atoms with Crippen molar-refractivity contribution in [3.8, 4) is 0 Å². The van der Waals surface area contributed by atoms with E-state index in [0.29, 0.717) is 11.4 Å². The maximum atomic E-state index is 13.0. The fourth-order valence-corrected chi connectivity index (χ4v) is 3.54. The highest BCUT2D eigenvalue weighted by Gasteiger charge is 2.34. The molecule has 0 saturated carbocycles. The van der Waals surface area contributed by atoms with Crippen molar-refractivity contribution in [1.29, 1.82) is 0 Å².